The first-order valence-electron chi connectivity index (χ1n) is 3.17. The van der Waals surface area contributed by atoms with Crippen LogP contribution in [0.2, 0.25) is 0 Å². The fourth-order valence-corrected chi connectivity index (χ4v) is 0.491. The van der Waals surface area contributed by atoms with Gasteiger partial charge < -0.3 is 15.2 Å². The van der Waals surface area contributed by atoms with Gasteiger partial charge in [0, 0.05) is 13.5 Å². The van der Waals surface area contributed by atoms with E-state index in [1.165, 1.54) is 7.05 Å². The van der Waals surface area contributed by atoms with Crippen molar-refractivity contribution in [2.45, 2.75) is 12.8 Å². The van der Waals surface area contributed by atoms with Crippen LogP contribution in [0, 0.1) is 0 Å². The smallest absolute Gasteiger partial charge is 0.220 e. The number of aliphatic carboxylic acids is 1. The summed E-state index contributed by atoms with van der Waals surface area (Å²) in [6.07, 6.45) is 0.283. The zero-order valence-corrected chi connectivity index (χ0v) is 6.35. The van der Waals surface area contributed by atoms with Gasteiger partial charge in [-0.1, -0.05) is 6.58 Å². The molecule has 0 radical (unpaired) electrons. The van der Waals surface area contributed by atoms with Gasteiger partial charge >= 0.3 is 0 Å². The van der Waals surface area contributed by atoms with E-state index in [0.717, 1.165) is 0 Å². The molecule has 0 aliphatic heterocycles. The average Bonchev–Trinajstić information content (AvgIpc) is 1.99. The predicted molar refractivity (Wildman–Crippen MR) is 37.4 cm³/mol. The molecule has 0 heterocycles. The molecule has 1 N–H and O–H groups in total. The Labute approximate surface area is 64.9 Å². The third kappa shape index (κ3) is 4.13. The molecule has 0 fully saturated rings. The molecule has 0 aromatic rings. The summed E-state index contributed by atoms with van der Waals surface area (Å²) < 4.78 is 0. The Bertz CT molecular complexity index is 186. The summed E-state index contributed by atoms with van der Waals surface area (Å²) >= 11 is 0. The maximum atomic E-state index is 10.6. The van der Waals surface area contributed by atoms with E-state index in [2.05, 4.69) is 11.9 Å². The maximum Gasteiger partial charge on any atom is 0.220 e. The van der Waals surface area contributed by atoms with Crippen LogP contribution in [0.15, 0.2) is 12.2 Å². The normalized spacial score (nSPS) is 8.82. The molecule has 0 aromatic carbocycles. The van der Waals surface area contributed by atoms with Crippen molar-refractivity contribution in [3.8, 4) is 0 Å². The monoisotopic (exact) mass is 156 g/mol. The number of carbonyl (C=O) groups excluding carboxylic acids is 2. The molecule has 0 rings (SSSR count). The van der Waals surface area contributed by atoms with Crippen LogP contribution in [-0.4, -0.2) is 18.9 Å². The Kier molecular flexibility index (Phi) is 3.95. The molecule has 0 aromatic heterocycles. The third-order valence-corrected chi connectivity index (χ3v) is 1.22. The van der Waals surface area contributed by atoms with E-state index in [1.807, 2.05) is 0 Å². The highest BCUT2D eigenvalue weighted by molar-refractivity contribution is 5.85. The summed E-state index contributed by atoms with van der Waals surface area (Å²) in [5.41, 5.74) is -0.0476. The molecule has 0 bridgehead atoms. The summed E-state index contributed by atoms with van der Waals surface area (Å²) in [6, 6.07) is 0. The van der Waals surface area contributed by atoms with Gasteiger partial charge in [0.2, 0.25) is 5.91 Å². The van der Waals surface area contributed by atoms with E-state index >= 15 is 0 Å². The first-order chi connectivity index (χ1) is 5.07. The van der Waals surface area contributed by atoms with E-state index < -0.39 is 5.97 Å². The minimum Gasteiger partial charge on any atom is -0.545 e. The van der Waals surface area contributed by atoms with Crippen LogP contribution >= 0.6 is 0 Å². The summed E-state index contributed by atoms with van der Waals surface area (Å²) in [5.74, 6) is -1.50. The second kappa shape index (κ2) is 4.49. The Morgan fingerprint density at radius 2 is 2.00 bits per heavy atom. The second-order valence-electron chi connectivity index (χ2n) is 2.06. The van der Waals surface area contributed by atoms with Crippen LogP contribution in [-0.2, 0) is 9.59 Å². The first kappa shape index (κ1) is 9.68. The summed E-state index contributed by atoms with van der Waals surface area (Å²) in [6.45, 7) is 3.22. The van der Waals surface area contributed by atoms with Gasteiger partial charge in [-0.05, 0) is 12.0 Å². The zero-order valence-electron chi connectivity index (χ0n) is 6.35. The zero-order chi connectivity index (χ0) is 8.85. The number of nitrogens with one attached hydrogen (secondary N) is 1. The van der Waals surface area contributed by atoms with Gasteiger partial charge in [-0.3, -0.25) is 4.79 Å². The highest BCUT2D eigenvalue weighted by Crippen LogP contribution is 1.99. The van der Waals surface area contributed by atoms with Gasteiger partial charge in [-0.25, -0.2) is 0 Å². The highest BCUT2D eigenvalue weighted by atomic mass is 16.4. The van der Waals surface area contributed by atoms with Crippen molar-refractivity contribution in [2.24, 2.45) is 0 Å². The number of carbonyl (C=O) groups is 2. The second-order valence-corrected chi connectivity index (χ2v) is 2.06. The first-order valence-corrected chi connectivity index (χ1v) is 3.17. The highest BCUT2D eigenvalue weighted by Gasteiger charge is 1.99. The standard InChI is InChI=1S/C7H11NO3/c1-5(7(10)11)3-4-6(9)8-2/h1,3-4H2,2H3,(H,8,9)(H,10,11)/p-1. The number of rotatable bonds is 4. The lowest BCUT2D eigenvalue weighted by molar-refractivity contribution is -0.299. The number of carboxylic acid groups (broad SMARTS) is 1. The molecule has 62 valence electrons. The molecule has 0 aliphatic rings. The van der Waals surface area contributed by atoms with E-state index in [-0.39, 0.29) is 24.3 Å². The number of carboxylic acids is 1. The molecule has 0 atom stereocenters. The van der Waals surface area contributed by atoms with Crippen LogP contribution in [0.1, 0.15) is 12.8 Å². The Morgan fingerprint density at radius 3 is 2.36 bits per heavy atom. The quantitative estimate of drug-likeness (QED) is 0.521. The SMILES string of the molecule is C=C(CCC(=O)NC)C(=O)[O-]. The largest absolute Gasteiger partial charge is 0.545 e. The van der Waals surface area contributed by atoms with Crippen molar-refractivity contribution in [2.75, 3.05) is 7.05 Å². The summed E-state index contributed by atoms with van der Waals surface area (Å²) in [7, 11) is 1.49. The minimum absolute atomic E-state index is 0.0476. The summed E-state index contributed by atoms with van der Waals surface area (Å²) in [4.78, 5) is 20.6. The Balaban J connectivity index is 3.63. The van der Waals surface area contributed by atoms with E-state index in [0.29, 0.717) is 0 Å². The van der Waals surface area contributed by atoms with Crippen molar-refractivity contribution in [1.82, 2.24) is 5.32 Å². The van der Waals surface area contributed by atoms with E-state index in [9.17, 15) is 14.7 Å². The van der Waals surface area contributed by atoms with Gasteiger partial charge in [0.05, 0.1) is 5.97 Å². The van der Waals surface area contributed by atoms with Crippen LogP contribution in [0.3, 0.4) is 0 Å². The molecule has 4 nitrogen and oxygen atoms in total. The van der Waals surface area contributed by atoms with Crippen molar-refractivity contribution in [1.29, 1.82) is 0 Å². The fourth-order valence-electron chi connectivity index (χ4n) is 0.491. The Morgan fingerprint density at radius 1 is 1.45 bits per heavy atom. The van der Waals surface area contributed by atoms with Crippen LogP contribution in [0.25, 0.3) is 0 Å². The molecule has 1 amide bonds. The van der Waals surface area contributed by atoms with Gasteiger partial charge in [0.1, 0.15) is 0 Å². The van der Waals surface area contributed by atoms with E-state index in [1.54, 1.807) is 0 Å². The third-order valence-electron chi connectivity index (χ3n) is 1.22. The number of hydrogen-bond acceptors (Lipinski definition) is 3. The molecule has 0 saturated carbocycles. The predicted octanol–water partition coefficient (Wildman–Crippen LogP) is -1.18. The average molecular weight is 156 g/mol. The van der Waals surface area contributed by atoms with Crippen molar-refractivity contribution in [3.05, 3.63) is 12.2 Å². The van der Waals surface area contributed by atoms with Crippen molar-refractivity contribution >= 4 is 11.9 Å². The van der Waals surface area contributed by atoms with Gasteiger partial charge in [0.15, 0.2) is 0 Å². The molecule has 0 unspecified atom stereocenters. The summed E-state index contributed by atoms with van der Waals surface area (Å²) in [5, 5.41) is 12.4. The molecule has 0 saturated heterocycles. The maximum absolute atomic E-state index is 10.6. The van der Waals surface area contributed by atoms with Crippen molar-refractivity contribution < 1.29 is 14.7 Å². The van der Waals surface area contributed by atoms with Gasteiger partial charge in [0.25, 0.3) is 0 Å². The van der Waals surface area contributed by atoms with Crippen LogP contribution in [0.5, 0.6) is 0 Å². The van der Waals surface area contributed by atoms with Gasteiger partial charge in [-0.2, -0.15) is 0 Å². The van der Waals surface area contributed by atoms with Gasteiger partial charge in [-0.15, -0.1) is 0 Å². The van der Waals surface area contributed by atoms with Crippen LogP contribution < -0.4 is 10.4 Å². The Hall–Kier alpha value is -1.32. The lowest BCUT2D eigenvalue weighted by atomic mass is 10.1. The van der Waals surface area contributed by atoms with E-state index in [4.69, 9.17) is 0 Å². The molecule has 4 heteroatoms. The molecule has 0 aliphatic carbocycles. The minimum atomic E-state index is -1.30. The molecule has 11 heavy (non-hydrogen) atoms. The fraction of sp³-hybridized carbons (Fsp3) is 0.429. The van der Waals surface area contributed by atoms with Crippen LogP contribution in [0.4, 0.5) is 0 Å². The molecular weight excluding hydrogens is 146 g/mol. The molecular formula is C7H10NO3-. The number of amides is 1. The lowest BCUT2D eigenvalue weighted by Gasteiger charge is -2.04. The number of hydrogen-bond donors (Lipinski definition) is 1. The lowest BCUT2D eigenvalue weighted by Crippen LogP contribution is -2.25. The topological polar surface area (TPSA) is 69.2 Å². The van der Waals surface area contributed by atoms with Crippen molar-refractivity contribution in [3.63, 3.8) is 0 Å². The molecule has 0 spiro atoms.